The number of benzene rings is 1. The van der Waals surface area contributed by atoms with Gasteiger partial charge in [-0.05, 0) is 81.8 Å². The SMILES string of the molecule is Cn1cnnc1[C@@H](c1cccc(-n2cc3c(C(F)(F)F)cc(CNCCCNC(=O)OC(C)(C)C)cn3c2=O)c1)C1CCC1. The first kappa shape index (κ1) is 31.3. The summed E-state index contributed by atoms with van der Waals surface area (Å²) in [5.74, 6) is 1.16. The molecular weight excluding hydrogens is 575 g/mol. The van der Waals surface area contributed by atoms with Crippen LogP contribution in [0.1, 0.15) is 74.9 Å². The minimum absolute atomic E-state index is 0.0355. The third-order valence-electron chi connectivity index (χ3n) is 7.81. The largest absolute Gasteiger partial charge is 0.444 e. The number of carbonyl (C=O) groups is 1. The summed E-state index contributed by atoms with van der Waals surface area (Å²) in [6, 6.07) is 8.44. The molecule has 5 rings (SSSR count). The van der Waals surface area contributed by atoms with Gasteiger partial charge in [-0.15, -0.1) is 10.2 Å². The van der Waals surface area contributed by atoms with Gasteiger partial charge in [-0.25, -0.2) is 9.59 Å². The highest BCUT2D eigenvalue weighted by Crippen LogP contribution is 2.43. The zero-order valence-electron chi connectivity index (χ0n) is 25.3. The minimum atomic E-state index is -4.67. The lowest BCUT2D eigenvalue weighted by Gasteiger charge is -2.33. The second-order valence-electron chi connectivity index (χ2n) is 12.3. The van der Waals surface area contributed by atoms with Crippen molar-refractivity contribution in [3.8, 4) is 5.69 Å². The van der Waals surface area contributed by atoms with E-state index in [1.165, 1.54) is 17.0 Å². The van der Waals surface area contributed by atoms with Gasteiger partial charge >= 0.3 is 18.0 Å². The number of nitrogens with zero attached hydrogens (tertiary/aromatic N) is 5. The summed E-state index contributed by atoms with van der Waals surface area (Å²) in [5.41, 5.74) is -0.577. The third kappa shape index (κ3) is 6.98. The van der Waals surface area contributed by atoms with Gasteiger partial charge in [0.2, 0.25) is 0 Å². The highest BCUT2D eigenvalue weighted by molar-refractivity contribution is 5.67. The van der Waals surface area contributed by atoms with Crippen molar-refractivity contribution in [2.45, 2.75) is 70.7 Å². The standard InChI is InChI=1S/C31H38F3N7O3/c1-30(2,3)44-28(42)36-13-7-12-35-16-20-14-24(31(32,33)34)25-18-40(29(43)41(25)17-20)23-11-6-10-22(15-23)26(21-8-5-9-21)27-38-37-19-39(27)4/h6,10-11,14-15,17-19,21,26,35H,5,7-9,12-13,16H2,1-4H3,(H,36,42)/t26-/m1/s1. The predicted octanol–water partition coefficient (Wildman–Crippen LogP) is 5.17. The van der Waals surface area contributed by atoms with Gasteiger partial charge in [0.25, 0.3) is 0 Å². The Labute approximate surface area is 253 Å². The first-order valence-corrected chi connectivity index (χ1v) is 14.8. The topological polar surface area (TPSA) is 107 Å². The van der Waals surface area contributed by atoms with E-state index < -0.39 is 29.1 Å². The molecule has 1 aliphatic carbocycles. The Bertz CT molecular complexity index is 1680. The number of ether oxygens (including phenoxy) is 1. The fraction of sp³-hybridized carbons (Fsp3) is 0.484. The molecule has 0 aliphatic heterocycles. The molecule has 13 heteroatoms. The molecule has 0 radical (unpaired) electrons. The monoisotopic (exact) mass is 613 g/mol. The van der Waals surface area contributed by atoms with Crippen molar-refractivity contribution in [1.29, 1.82) is 0 Å². The van der Waals surface area contributed by atoms with Crippen molar-refractivity contribution >= 4 is 11.6 Å². The molecule has 1 aliphatic rings. The van der Waals surface area contributed by atoms with Crippen LogP contribution in [0.5, 0.6) is 0 Å². The Kier molecular flexibility index (Phi) is 8.87. The molecule has 0 spiro atoms. The van der Waals surface area contributed by atoms with Crippen LogP contribution in [0.25, 0.3) is 11.2 Å². The van der Waals surface area contributed by atoms with Crippen LogP contribution >= 0.6 is 0 Å². The highest BCUT2D eigenvalue weighted by Gasteiger charge is 2.35. The number of hydrogen-bond donors (Lipinski definition) is 2. The molecule has 236 valence electrons. The summed E-state index contributed by atoms with van der Waals surface area (Å²) in [4.78, 5) is 25.3. The zero-order valence-corrected chi connectivity index (χ0v) is 25.3. The number of aryl methyl sites for hydroxylation is 1. The number of amides is 1. The van der Waals surface area contributed by atoms with Gasteiger partial charge in [0.15, 0.2) is 0 Å². The number of carbonyl (C=O) groups excluding carboxylic acids is 1. The summed E-state index contributed by atoms with van der Waals surface area (Å²) in [5, 5.41) is 14.1. The maximum Gasteiger partial charge on any atom is 0.418 e. The molecule has 1 amide bonds. The first-order chi connectivity index (χ1) is 20.8. The van der Waals surface area contributed by atoms with E-state index in [1.54, 1.807) is 33.2 Å². The van der Waals surface area contributed by atoms with Crippen LogP contribution in [0.2, 0.25) is 0 Å². The molecule has 1 saturated carbocycles. The third-order valence-corrected chi connectivity index (χ3v) is 7.81. The number of halogens is 3. The van der Waals surface area contributed by atoms with Crippen molar-refractivity contribution in [1.82, 2.24) is 34.4 Å². The van der Waals surface area contributed by atoms with E-state index in [0.29, 0.717) is 36.7 Å². The van der Waals surface area contributed by atoms with Crippen LogP contribution in [0.4, 0.5) is 18.0 Å². The average Bonchev–Trinajstić information content (AvgIpc) is 3.48. The molecule has 1 fully saturated rings. The van der Waals surface area contributed by atoms with Gasteiger partial charge in [-0.3, -0.25) is 8.97 Å². The quantitative estimate of drug-likeness (QED) is 0.239. The number of fused-ring (bicyclic) bond motifs is 1. The van der Waals surface area contributed by atoms with Crippen molar-refractivity contribution in [2.75, 3.05) is 13.1 Å². The fourth-order valence-corrected chi connectivity index (χ4v) is 5.55. The Morgan fingerprint density at radius 1 is 1.14 bits per heavy atom. The number of pyridine rings is 1. The molecule has 4 aromatic rings. The van der Waals surface area contributed by atoms with Gasteiger partial charge in [-0.1, -0.05) is 18.6 Å². The van der Waals surface area contributed by atoms with Crippen LogP contribution in [0, 0.1) is 5.92 Å². The van der Waals surface area contributed by atoms with Gasteiger partial charge in [0.1, 0.15) is 17.8 Å². The molecule has 0 unspecified atom stereocenters. The first-order valence-electron chi connectivity index (χ1n) is 14.8. The van der Waals surface area contributed by atoms with E-state index in [2.05, 4.69) is 20.8 Å². The maximum absolute atomic E-state index is 14.2. The number of imidazole rings is 1. The summed E-state index contributed by atoms with van der Waals surface area (Å²) in [7, 11) is 1.89. The Morgan fingerprint density at radius 3 is 2.55 bits per heavy atom. The van der Waals surface area contributed by atoms with E-state index >= 15 is 0 Å². The number of hydrogen-bond acceptors (Lipinski definition) is 6. The van der Waals surface area contributed by atoms with Crippen LogP contribution in [0.15, 0.2) is 53.8 Å². The molecule has 3 heterocycles. The molecule has 2 N–H and O–H groups in total. The fourth-order valence-electron chi connectivity index (χ4n) is 5.55. The van der Waals surface area contributed by atoms with Gasteiger partial charge in [-0.2, -0.15) is 13.2 Å². The Balaban J connectivity index is 1.37. The number of rotatable bonds is 10. The summed E-state index contributed by atoms with van der Waals surface area (Å²) in [6.07, 6.45) is 2.91. The van der Waals surface area contributed by atoms with Gasteiger partial charge in [0, 0.05) is 38.4 Å². The number of alkyl carbamates (subject to hydrolysis) is 1. The summed E-state index contributed by atoms with van der Waals surface area (Å²) < 4.78 is 52.0. The summed E-state index contributed by atoms with van der Waals surface area (Å²) in [6.45, 7) is 6.19. The second kappa shape index (κ2) is 12.5. The molecule has 10 nitrogen and oxygen atoms in total. The highest BCUT2D eigenvalue weighted by atomic mass is 19.4. The molecule has 44 heavy (non-hydrogen) atoms. The van der Waals surface area contributed by atoms with Gasteiger partial charge in [0.05, 0.1) is 16.8 Å². The number of alkyl halides is 3. The van der Waals surface area contributed by atoms with Crippen molar-refractivity contribution in [3.63, 3.8) is 0 Å². The second-order valence-corrected chi connectivity index (χ2v) is 12.3. The summed E-state index contributed by atoms with van der Waals surface area (Å²) >= 11 is 0. The van der Waals surface area contributed by atoms with E-state index in [9.17, 15) is 22.8 Å². The zero-order chi connectivity index (χ0) is 31.6. The van der Waals surface area contributed by atoms with Crippen molar-refractivity contribution in [2.24, 2.45) is 13.0 Å². The lowest BCUT2D eigenvalue weighted by molar-refractivity contribution is -0.136. The lowest BCUT2D eigenvalue weighted by atomic mass is 9.72. The molecule has 1 atom stereocenters. The van der Waals surface area contributed by atoms with Crippen LogP contribution in [-0.2, 0) is 24.5 Å². The molecule has 0 bridgehead atoms. The maximum atomic E-state index is 14.2. The predicted molar refractivity (Wildman–Crippen MR) is 159 cm³/mol. The van der Waals surface area contributed by atoms with Crippen LogP contribution < -0.4 is 16.3 Å². The van der Waals surface area contributed by atoms with Crippen molar-refractivity contribution in [3.05, 3.63) is 82.1 Å². The molecular formula is C31H38F3N7O3. The number of nitrogens with one attached hydrogen (secondary N) is 2. The molecule has 1 aromatic carbocycles. The van der Waals surface area contributed by atoms with Crippen molar-refractivity contribution < 1.29 is 22.7 Å². The molecule has 3 aromatic heterocycles. The Morgan fingerprint density at radius 2 is 1.91 bits per heavy atom. The Hall–Kier alpha value is -4.13. The average molecular weight is 614 g/mol. The molecule has 0 saturated heterocycles. The smallest absolute Gasteiger partial charge is 0.418 e. The minimum Gasteiger partial charge on any atom is -0.444 e. The van der Waals surface area contributed by atoms with Crippen LogP contribution in [0.3, 0.4) is 0 Å². The van der Waals surface area contributed by atoms with E-state index in [0.717, 1.165) is 41.1 Å². The van der Waals surface area contributed by atoms with E-state index in [4.69, 9.17) is 4.74 Å². The van der Waals surface area contributed by atoms with Gasteiger partial charge < -0.3 is 19.9 Å². The van der Waals surface area contributed by atoms with E-state index in [1.807, 2.05) is 29.8 Å². The lowest BCUT2D eigenvalue weighted by Crippen LogP contribution is -2.33. The number of aromatic nitrogens is 5. The van der Waals surface area contributed by atoms with E-state index in [-0.39, 0.29) is 18.0 Å². The normalized spacial score (nSPS) is 14.9. The van der Waals surface area contributed by atoms with Crippen LogP contribution in [-0.4, -0.2) is 48.5 Å².